The van der Waals surface area contributed by atoms with Crippen LogP contribution in [0, 0.1) is 13.8 Å². The summed E-state index contributed by atoms with van der Waals surface area (Å²) in [7, 11) is 0. The Kier molecular flexibility index (Phi) is 4.58. The van der Waals surface area contributed by atoms with Gasteiger partial charge in [0.2, 0.25) is 5.95 Å². The molecule has 0 bridgehead atoms. The van der Waals surface area contributed by atoms with E-state index in [0.29, 0.717) is 24.6 Å². The summed E-state index contributed by atoms with van der Waals surface area (Å²) in [6.45, 7) is 6.73. The van der Waals surface area contributed by atoms with Gasteiger partial charge in [-0.3, -0.25) is 4.79 Å². The van der Waals surface area contributed by atoms with Crippen LogP contribution in [0.2, 0.25) is 0 Å². The molecule has 0 N–H and O–H groups in total. The van der Waals surface area contributed by atoms with Gasteiger partial charge in [0.1, 0.15) is 0 Å². The van der Waals surface area contributed by atoms with Gasteiger partial charge in [0, 0.05) is 38.6 Å². The van der Waals surface area contributed by atoms with Crippen molar-refractivity contribution in [2.24, 2.45) is 0 Å². The number of hydrogen-bond acceptors (Lipinski definition) is 5. The molecule has 0 radical (unpaired) electrons. The maximum absolute atomic E-state index is 13.0. The lowest BCUT2D eigenvalue weighted by Gasteiger charge is -2.34. The van der Waals surface area contributed by atoms with Crippen LogP contribution in [0.25, 0.3) is 5.69 Å². The zero-order chi connectivity index (χ0) is 18.8. The molecule has 7 nitrogen and oxygen atoms in total. The van der Waals surface area contributed by atoms with Gasteiger partial charge in [0.05, 0.1) is 23.1 Å². The van der Waals surface area contributed by atoms with Gasteiger partial charge in [-0.25, -0.2) is 14.6 Å². The molecule has 1 aliphatic rings. The second-order valence-electron chi connectivity index (χ2n) is 6.67. The molecule has 1 fully saturated rings. The molecular formula is C20H22N6O. The van der Waals surface area contributed by atoms with E-state index in [1.807, 2.05) is 47.7 Å². The Labute approximate surface area is 158 Å². The summed E-state index contributed by atoms with van der Waals surface area (Å²) in [6.07, 6.45) is 5.16. The largest absolute Gasteiger partial charge is 0.337 e. The van der Waals surface area contributed by atoms with E-state index in [1.54, 1.807) is 24.7 Å². The summed E-state index contributed by atoms with van der Waals surface area (Å²) in [6, 6.07) is 9.85. The van der Waals surface area contributed by atoms with E-state index in [4.69, 9.17) is 0 Å². The summed E-state index contributed by atoms with van der Waals surface area (Å²) in [4.78, 5) is 25.6. The van der Waals surface area contributed by atoms with Crippen molar-refractivity contribution in [3.8, 4) is 5.69 Å². The lowest BCUT2D eigenvalue weighted by Crippen LogP contribution is -2.49. The van der Waals surface area contributed by atoms with Gasteiger partial charge in [-0.2, -0.15) is 5.10 Å². The van der Waals surface area contributed by atoms with E-state index < -0.39 is 0 Å². The van der Waals surface area contributed by atoms with E-state index in [1.165, 1.54) is 0 Å². The molecule has 2 aromatic heterocycles. The number of carbonyl (C=O) groups excluding carboxylic acids is 1. The highest BCUT2D eigenvalue weighted by molar-refractivity contribution is 5.95. The maximum atomic E-state index is 13.0. The molecular weight excluding hydrogens is 340 g/mol. The number of aromatic nitrogens is 4. The third-order valence-corrected chi connectivity index (χ3v) is 4.99. The fourth-order valence-electron chi connectivity index (χ4n) is 3.40. The summed E-state index contributed by atoms with van der Waals surface area (Å²) in [5, 5.41) is 4.46. The van der Waals surface area contributed by atoms with Crippen molar-refractivity contribution in [3.05, 3.63) is 65.7 Å². The molecule has 7 heteroatoms. The molecule has 1 aromatic carbocycles. The number of carbonyl (C=O) groups is 1. The zero-order valence-corrected chi connectivity index (χ0v) is 15.5. The van der Waals surface area contributed by atoms with Crippen molar-refractivity contribution < 1.29 is 4.79 Å². The molecule has 138 valence electrons. The van der Waals surface area contributed by atoms with Crippen LogP contribution in [-0.2, 0) is 0 Å². The van der Waals surface area contributed by atoms with Gasteiger partial charge in [-0.15, -0.1) is 0 Å². The summed E-state index contributed by atoms with van der Waals surface area (Å²) >= 11 is 0. The van der Waals surface area contributed by atoms with Crippen molar-refractivity contribution in [2.45, 2.75) is 13.8 Å². The molecule has 4 rings (SSSR count). The molecule has 1 aliphatic heterocycles. The number of nitrogens with zero attached hydrogens (tertiary/aromatic N) is 6. The topological polar surface area (TPSA) is 67.2 Å². The first-order valence-electron chi connectivity index (χ1n) is 9.07. The number of anilines is 1. The van der Waals surface area contributed by atoms with Crippen LogP contribution >= 0.6 is 0 Å². The Morgan fingerprint density at radius 1 is 0.963 bits per heavy atom. The standard InChI is InChI=1S/C20H22N6O/c1-15-6-3-4-7-18(15)26-16(2)17(14-23-26)19(27)24-10-12-25(13-11-24)20-21-8-5-9-22-20/h3-9,14H,10-13H2,1-2H3. The van der Waals surface area contributed by atoms with Gasteiger partial charge >= 0.3 is 0 Å². The Morgan fingerprint density at radius 2 is 1.67 bits per heavy atom. The van der Waals surface area contributed by atoms with Crippen molar-refractivity contribution >= 4 is 11.9 Å². The maximum Gasteiger partial charge on any atom is 0.257 e. The molecule has 27 heavy (non-hydrogen) atoms. The van der Waals surface area contributed by atoms with E-state index in [9.17, 15) is 4.79 Å². The van der Waals surface area contributed by atoms with Crippen molar-refractivity contribution in [3.63, 3.8) is 0 Å². The minimum absolute atomic E-state index is 0.0287. The average molecular weight is 362 g/mol. The average Bonchev–Trinajstić information content (AvgIpc) is 3.10. The van der Waals surface area contributed by atoms with Crippen LogP contribution in [-0.4, -0.2) is 56.7 Å². The summed E-state index contributed by atoms with van der Waals surface area (Å²) < 4.78 is 1.84. The fraction of sp³-hybridized carbons (Fsp3) is 0.300. The third kappa shape index (κ3) is 3.28. The first kappa shape index (κ1) is 17.2. The van der Waals surface area contributed by atoms with E-state index >= 15 is 0 Å². The van der Waals surface area contributed by atoms with Crippen molar-refractivity contribution in [1.29, 1.82) is 0 Å². The quantitative estimate of drug-likeness (QED) is 0.715. The van der Waals surface area contributed by atoms with Crippen LogP contribution in [0.5, 0.6) is 0 Å². The van der Waals surface area contributed by atoms with Crippen LogP contribution in [0.15, 0.2) is 48.9 Å². The fourth-order valence-corrected chi connectivity index (χ4v) is 3.40. The number of piperazine rings is 1. The molecule has 1 saturated heterocycles. The van der Waals surface area contributed by atoms with Crippen molar-refractivity contribution in [2.75, 3.05) is 31.1 Å². The second kappa shape index (κ2) is 7.19. The number of rotatable bonds is 3. The Balaban J connectivity index is 1.49. The van der Waals surface area contributed by atoms with Crippen LogP contribution < -0.4 is 4.90 Å². The third-order valence-electron chi connectivity index (χ3n) is 4.99. The van der Waals surface area contributed by atoms with Crippen molar-refractivity contribution in [1.82, 2.24) is 24.6 Å². The first-order chi connectivity index (χ1) is 13.1. The molecule has 0 spiro atoms. The first-order valence-corrected chi connectivity index (χ1v) is 9.07. The van der Waals surface area contributed by atoms with Gasteiger partial charge in [-0.05, 0) is 31.5 Å². The summed E-state index contributed by atoms with van der Waals surface area (Å²) in [5.74, 6) is 0.745. The lowest BCUT2D eigenvalue weighted by molar-refractivity contribution is 0.0745. The highest BCUT2D eigenvalue weighted by Crippen LogP contribution is 2.19. The number of benzene rings is 1. The predicted octanol–water partition coefficient (Wildman–Crippen LogP) is 2.24. The molecule has 0 atom stereocenters. The number of para-hydroxylation sites is 1. The molecule has 0 saturated carbocycles. The second-order valence-corrected chi connectivity index (χ2v) is 6.67. The zero-order valence-electron chi connectivity index (χ0n) is 15.5. The molecule has 0 aliphatic carbocycles. The van der Waals surface area contributed by atoms with E-state index in [0.717, 1.165) is 30.0 Å². The minimum atomic E-state index is 0.0287. The SMILES string of the molecule is Cc1ccccc1-n1ncc(C(=O)N2CCN(c3ncccn3)CC2)c1C. The van der Waals surface area contributed by atoms with E-state index in [2.05, 4.69) is 20.0 Å². The van der Waals surface area contributed by atoms with Crippen LogP contribution in [0.3, 0.4) is 0 Å². The van der Waals surface area contributed by atoms with E-state index in [-0.39, 0.29) is 5.91 Å². The van der Waals surface area contributed by atoms with Gasteiger partial charge < -0.3 is 9.80 Å². The number of amides is 1. The predicted molar refractivity (Wildman–Crippen MR) is 103 cm³/mol. The Bertz CT molecular complexity index is 944. The number of hydrogen-bond donors (Lipinski definition) is 0. The van der Waals surface area contributed by atoms with Gasteiger partial charge in [0.15, 0.2) is 0 Å². The van der Waals surface area contributed by atoms with Crippen LogP contribution in [0.1, 0.15) is 21.6 Å². The Morgan fingerprint density at radius 3 is 2.37 bits per heavy atom. The minimum Gasteiger partial charge on any atom is -0.337 e. The Hall–Kier alpha value is -3.22. The summed E-state index contributed by atoms with van der Waals surface area (Å²) in [5.41, 5.74) is 3.64. The molecule has 0 unspecified atom stereocenters. The normalized spacial score (nSPS) is 14.4. The lowest BCUT2D eigenvalue weighted by atomic mass is 10.2. The van der Waals surface area contributed by atoms with Gasteiger partial charge in [-0.1, -0.05) is 18.2 Å². The monoisotopic (exact) mass is 362 g/mol. The highest BCUT2D eigenvalue weighted by atomic mass is 16.2. The van der Waals surface area contributed by atoms with Gasteiger partial charge in [0.25, 0.3) is 5.91 Å². The van der Waals surface area contributed by atoms with Crippen LogP contribution in [0.4, 0.5) is 5.95 Å². The molecule has 1 amide bonds. The molecule has 3 heterocycles. The highest BCUT2D eigenvalue weighted by Gasteiger charge is 2.26. The smallest absolute Gasteiger partial charge is 0.257 e. The number of aryl methyl sites for hydroxylation is 1. The molecule has 3 aromatic rings.